The van der Waals surface area contributed by atoms with E-state index in [-0.39, 0.29) is 0 Å². The van der Waals surface area contributed by atoms with Gasteiger partial charge in [-0.05, 0) is 37.8 Å². The summed E-state index contributed by atoms with van der Waals surface area (Å²) < 4.78 is 2.35. The Bertz CT molecular complexity index is 500. The second-order valence-electron chi connectivity index (χ2n) is 5.13. The quantitative estimate of drug-likeness (QED) is 0.696. The molecule has 0 saturated carbocycles. The van der Waals surface area contributed by atoms with Crippen molar-refractivity contribution >= 4 is 10.9 Å². The normalized spacial score (nSPS) is 10.4. The number of hydrogen-bond donors (Lipinski definition) is 0. The zero-order valence-electron chi connectivity index (χ0n) is 13.1. The summed E-state index contributed by atoms with van der Waals surface area (Å²) in [5, 5.41) is 1.36. The van der Waals surface area contributed by atoms with Crippen LogP contribution in [0.4, 0.5) is 0 Å². The number of hydrogen-bond acceptors (Lipinski definition) is 0. The lowest BCUT2D eigenvalue weighted by molar-refractivity contribution is -0.668. The molecule has 2 rings (SSSR count). The Labute approximate surface area is 118 Å². The Morgan fingerprint density at radius 2 is 1.79 bits per heavy atom. The third-order valence-corrected chi connectivity index (χ3v) is 3.26. The van der Waals surface area contributed by atoms with Crippen LogP contribution in [0.25, 0.3) is 10.9 Å². The molecule has 0 spiro atoms. The molecule has 1 nitrogen and oxygen atoms in total. The fraction of sp³-hybridized carbons (Fsp3) is 0.500. The molecule has 0 bridgehead atoms. The molecule has 0 fully saturated rings. The summed E-state index contributed by atoms with van der Waals surface area (Å²) in [5.41, 5.74) is 2.79. The third-order valence-electron chi connectivity index (χ3n) is 3.26. The molecule has 19 heavy (non-hydrogen) atoms. The van der Waals surface area contributed by atoms with Gasteiger partial charge in [-0.2, -0.15) is 4.57 Å². The highest BCUT2D eigenvalue weighted by Crippen LogP contribution is 2.14. The van der Waals surface area contributed by atoms with Crippen LogP contribution in [-0.2, 0) is 13.0 Å². The van der Waals surface area contributed by atoms with Gasteiger partial charge in [-0.25, -0.2) is 0 Å². The first-order valence-corrected chi connectivity index (χ1v) is 7.62. The van der Waals surface area contributed by atoms with Crippen LogP contribution >= 0.6 is 0 Å². The van der Waals surface area contributed by atoms with E-state index < -0.39 is 0 Å². The molecule has 0 radical (unpaired) electrons. The Morgan fingerprint density at radius 1 is 1.11 bits per heavy atom. The highest BCUT2D eigenvalue weighted by molar-refractivity contribution is 5.75. The maximum atomic E-state index is 2.35. The lowest BCUT2D eigenvalue weighted by Gasteiger charge is -2.06. The van der Waals surface area contributed by atoms with E-state index in [4.69, 9.17) is 0 Å². The monoisotopic (exact) mass is 258 g/mol. The van der Waals surface area contributed by atoms with Crippen molar-refractivity contribution in [1.29, 1.82) is 0 Å². The summed E-state index contributed by atoms with van der Waals surface area (Å²) >= 11 is 0. The Balaban J connectivity index is 0.000000861. The van der Waals surface area contributed by atoms with Crippen molar-refractivity contribution in [1.82, 2.24) is 0 Å². The fourth-order valence-corrected chi connectivity index (χ4v) is 2.23. The van der Waals surface area contributed by atoms with Gasteiger partial charge >= 0.3 is 0 Å². The summed E-state index contributed by atoms with van der Waals surface area (Å²) in [4.78, 5) is 0. The number of nitrogens with zero attached hydrogens (tertiary/aromatic N) is 1. The zero-order chi connectivity index (χ0) is 14.3. The molecule has 0 amide bonds. The van der Waals surface area contributed by atoms with Crippen LogP contribution in [0.2, 0.25) is 0 Å². The molecule has 0 aliphatic heterocycles. The van der Waals surface area contributed by atoms with E-state index in [2.05, 4.69) is 61.9 Å². The van der Waals surface area contributed by atoms with Crippen molar-refractivity contribution < 1.29 is 4.57 Å². The first-order chi connectivity index (χ1) is 9.20. The van der Waals surface area contributed by atoms with E-state index >= 15 is 0 Å². The molecular weight excluding hydrogens is 230 g/mol. The molecule has 0 N–H and O–H groups in total. The highest BCUT2D eigenvalue weighted by atomic mass is 14.9. The van der Waals surface area contributed by atoms with Crippen LogP contribution < -0.4 is 4.57 Å². The van der Waals surface area contributed by atoms with E-state index in [1.807, 2.05) is 13.8 Å². The van der Waals surface area contributed by atoms with E-state index in [9.17, 15) is 0 Å². The van der Waals surface area contributed by atoms with E-state index in [0.717, 1.165) is 12.5 Å². The SMILES string of the molecule is CC.CC[n+]1cc(CCC(C)C)cc2ccccc21. The maximum Gasteiger partial charge on any atom is 0.212 e. The van der Waals surface area contributed by atoms with Crippen LogP contribution in [0.5, 0.6) is 0 Å². The maximum absolute atomic E-state index is 2.35. The minimum Gasteiger partial charge on any atom is -0.198 e. The third kappa shape index (κ3) is 4.34. The number of aromatic nitrogens is 1. The lowest BCUT2D eigenvalue weighted by atomic mass is 10.0. The molecule has 1 aromatic carbocycles. The molecule has 1 heteroatoms. The zero-order valence-corrected chi connectivity index (χ0v) is 13.1. The topological polar surface area (TPSA) is 3.88 Å². The standard InChI is InChI=1S/C16H22N.C2H6/c1-4-17-12-14(10-9-13(2)3)11-15-7-5-6-8-16(15)17;1-2/h5-8,11-13H,4,9-10H2,1-3H3;1-2H3/q+1;. The van der Waals surface area contributed by atoms with Gasteiger partial charge in [0.25, 0.3) is 0 Å². The molecule has 0 saturated heterocycles. The average Bonchev–Trinajstić information content (AvgIpc) is 2.46. The molecule has 0 unspecified atom stereocenters. The summed E-state index contributed by atoms with van der Waals surface area (Å²) in [6, 6.07) is 11.0. The van der Waals surface area contributed by atoms with Crippen molar-refractivity contribution in [2.24, 2.45) is 5.92 Å². The van der Waals surface area contributed by atoms with Crippen LogP contribution in [0.15, 0.2) is 36.5 Å². The van der Waals surface area contributed by atoms with Crippen molar-refractivity contribution in [3.63, 3.8) is 0 Å². The fourth-order valence-electron chi connectivity index (χ4n) is 2.23. The summed E-state index contributed by atoms with van der Waals surface area (Å²) in [6.07, 6.45) is 4.76. The van der Waals surface area contributed by atoms with Gasteiger partial charge in [-0.3, -0.25) is 0 Å². The molecule has 1 heterocycles. The van der Waals surface area contributed by atoms with Crippen molar-refractivity contribution in [2.75, 3.05) is 0 Å². The molecule has 0 atom stereocenters. The number of fused-ring (bicyclic) bond motifs is 1. The van der Waals surface area contributed by atoms with Crippen LogP contribution in [0.1, 0.15) is 46.6 Å². The molecule has 0 aliphatic rings. The van der Waals surface area contributed by atoms with E-state index in [1.165, 1.54) is 29.3 Å². The van der Waals surface area contributed by atoms with Gasteiger partial charge in [0.15, 0.2) is 6.20 Å². The number of aryl methyl sites for hydroxylation is 2. The number of benzene rings is 1. The van der Waals surface area contributed by atoms with Gasteiger partial charge in [-0.1, -0.05) is 39.8 Å². The van der Waals surface area contributed by atoms with Crippen molar-refractivity contribution in [2.45, 2.75) is 54.0 Å². The van der Waals surface area contributed by atoms with Crippen molar-refractivity contribution in [3.8, 4) is 0 Å². The summed E-state index contributed by atoms with van der Waals surface area (Å²) in [7, 11) is 0. The number of rotatable bonds is 4. The van der Waals surface area contributed by atoms with E-state index in [0.29, 0.717) is 0 Å². The predicted octanol–water partition coefficient (Wildman–Crippen LogP) is 4.76. The van der Waals surface area contributed by atoms with Gasteiger partial charge in [-0.15, -0.1) is 0 Å². The van der Waals surface area contributed by atoms with Gasteiger partial charge in [0, 0.05) is 17.0 Å². The summed E-state index contributed by atoms with van der Waals surface area (Å²) in [5.74, 6) is 0.775. The smallest absolute Gasteiger partial charge is 0.198 e. The van der Waals surface area contributed by atoms with Crippen LogP contribution in [-0.4, -0.2) is 0 Å². The van der Waals surface area contributed by atoms with Gasteiger partial charge < -0.3 is 0 Å². The Kier molecular flexibility index (Phi) is 6.55. The van der Waals surface area contributed by atoms with E-state index in [1.54, 1.807) is 0 Å². The van der Waals surface area contributed by atoms with Gasteiger partial charge in [0.05, 0.1) is 0 Å². The average molecular weight is 258 g/mol. The summed E-state index contributed by atoms with van der Waals surface area (Å²) in [6.45, 7) is 11.8. The van der Waals surface area contributed by atoms with Gasteiger partial charge in [0.1, 0.15) is 6.54 Å². The largest absolute Gasteiger partial charge is 0.212 e. The van der Waals surface area contributed by atoms with Gasteiger partial charge in [0.2, 0.25) is 5.52 Å². The lowest BCUT2D eigenvalue weighted by Crippen LogP contribution is -2.33. The highest BCUT2D eigenvalue weighted by Gasteiger charge is 2.09. The predicted molar refractivity (Wildman–Crippen MR) is 84.3 cm³/mol. The second kappa shape index (κ2) is 7.93. The second-order valence-corrected chi connectivity index (χ2v) is 5.13. The number of pyridine rings is 1. The molecular formula is C18H28N+. The van der Waals surface area contributed by atoms with Crippen LogP contribution in [0.3, 0.4) is 0 Å². The Hall–Kier alpha value is -1.37. The molecule has 2 aromatic rings. The van der Waals surface area contributed by atoms with Crippen molar-refractivity contribution in [3.05, 3.63) is 42.1 Å². The number of para-hydroxylation sites is 1. The first kappa shape index (κ1) is 15.7. The molecule has 0 aliphatic carbocycles. The molecule has 104 valence electrons. The Morgan fingerprint density at radius 3 is 2.42 bits per heavy atom. The molecule has 1 aromatic heterocycles. The first-order valence-electron chi connectivity index (χ1n) is 7.62. The minimum atomic E-state index is 0.775. The van der Waals surface area contributed by atoms with Crippen LogP contribution in [0, 0.1) is 5.92 Å². The minimum absolute atomic E-state index is 0.775.